The fraction of sp³-hybridized carbons (Fsp3) is 0.367. The molecule has 0 spiro atoms. The predicted octanol–water partition coefficient (Wildman–Crippen LogP) is 3.30. The van der Waals surface area contributed by atoms with Crippen LogP contribution in [0.2, 0.25) is 0 Å². The Morgan fingerprint density at radius 2 is 1.82 bits per heavy atom. The van der Waals surface area contributed by atoms with Gasteiger partial charge in [-0.05, 0) is 57.9 Å². The molecule has 1 saturated heterocycles. The molecule has 3 aromatic rings. The fourth-order valence-electron chi connectivity index (χ4n) is 4.85. The summed E-state index contributed by atoms with van der Waals surface area (Å²) in [6, 6.07) is 13.8. The molecular weight excluding hydrogens is 530 g/mol. The minimum Gasteiger partial charge on any atom is -0.508 e. The Bertz CT molecular complexity index is 1370. The summed E-state index contributed by atoms with van der Waals surface area (Å²) in [6.45, 7) is 7.45. The number of rotatable bonds is 9. The van der Waals surface area contributed by atoms with Gasteiger partial charge in [-0.3, -0.25) is 14.4 Å². The van der Waals surface area contributed by atoms with E-state index < -0.39 is 34.7 Å². The Kier molecular flexibility index (Phi) is 8.90. The maximum absolute atomic E-state index is 13.8. The van der Waals surface area contributed by atoms with Gasteiger partial charge in [-0.25, -0.2) is 0 Å². The summed E-state index contributed by atoms with van der Waals surface area (Å²) >= 11 is 1.45. The van der Waals surface area contributed by atoms with E-state index in [0.717, 1.165) is 11.1 Å². The first kappa shape index (κ1) is 29.2. The van der Waals surface area contributed by atoms with Crippen molar-refractivity contribution in [1.29, 1.82) is 0 Å². The van der Waals surface area contributed by atoms with Crippen molar-refractivity contribution in [3.05, 3.63) is 88.9 Å². The monoisotopic (exact) mass is 565 g/mol. The smallest absolute Gasteiger partial charge is 0.254 e. The van der Waals surface area contributed by atoms with E-state index >= 15 is 0 Å². The summed E-state index contributed by atoms with van der Waals surface area (Å²) in [5.41, 5.74) is 2.28. The zero-order chi connectivity index (χ0) is 29.0. The Balaban J connectivity index is 1.56. The number of nitrogens with one attached hydrogen (secondary N) is 2. The molecule has 1 aromatic heterocycles. The zero-order valence-corrected chi connectivity index (χ0v) is 23.8. The van der Waals surface area contributed by atoms with Crippen molar-refractivity contribution in [3.8, 4) is 5.75 Å². The van der Waals surface area contributed by atoms with Crippen LogP contribution in [0.5, 0.6) is 5.75 Å². The number of nitrogens with zero attached hydrogens (tertiary/aromatic N) is 1. The lowest BCUT2D eigenvalue weighted by Gasteiger charge is -2.33. The lowest BCUT2D eigenvalue weighted by atomic mass is 9.96. The second-order valence-electron chi connectivity index (χ2n) is 10.5. The summed E-state index contributed by atoms with van der Waals surface area (Å²) in [5, 5.41) is 27.2. The van der Waals surface area contributed by atoms with Gasteiger partial charge in [0, 0.05) is 28.0 Å². The third-order valence-corrected chi connectivity index (χ3v) is 8.67. The van der Waals surface area contributed by atoms with Crippen LogP contribution in [0.3, 0.4) is 0 Å². The van der Waals surface area contributed by atoms with Gasteiger partial charge in [-0.15, -0.1) is 11.8 Å². The van der Waals surface area contributed by atoms with Gasteiger partial charge in [0.15, 0.2) is 6.10 Å². The number of amides is 3. The summed E-state index contributed by atoms with van der Waals surface area (Å²) in [5.74, 6) is -0.627. The topological polar surface area (TPSA) is 132 Å². The lowest BCUT2D eigenvalue weighted by molar-refractivity contribution is -0.147. The molecule has 3 unspecified atom stereocenters. The van der Waals surface area contributed by atoms with Crippen LogP contribution in [0.1, 0.15) is 46.7 Å². The number of phenols is 1. The standard InChI is InChI=1S/C30H35N3O6S/c1-18-22(11-8-12-24(18)34)27(36)32-23(15-20-9-6-5-7-10-20)25(35)29(38)33-17-40-30(3,4)26(33)28(37)31-16-21-13-14-39-19(21)2/h5-14,23,25-26,34-35H,15-17H2,1-4H3,(H,31,37)(H,32,36). The molecule has 1 fully saturated rings. The zero-order valence-electron chi connectivity index (χ0n) is 23.0. The fourth-order valence-corrected chi connectivity index (χ4v) is 5.99. The van der Waals surface area contributed by atoms with Gasteiger partial charge in [0.05, 0.1) is 18.2 Å². The molecule has 1 aliphatic rings. The van der Waals surface area contributed by atoms with Gasteiger partial charge in [0.2, 0.25) is 5.91 Å². The number of benzene rings is 2. The first-order chi connectivity index (χ1) is 19.0. The van der Waals surface area contributed by atoms with Gasteiger partial charge in [-0.2, -0.15) is 0 Å². The van der Waals surface area contributed by atoms with Gasteiger partial charge < -0.3 is 30.2 Å². The molecule has 4 N–H and O–H groups in total. The number of thioether (sulfide) groups is 1. The van der Waals surface area contributed by atoms with Crippen LogP contribution in [0.25, 0.3) is 0 Å². The molecule has 212 valence electrons. The van der Waals surface area contributed by atoms with Crippen molar-refractivity contribution in [3.63, 3.8) is 0 Å². The Morgan fingerprint density at radius 3 is 2.50 bits per heavy atom. The summed E-state index contributed by atoms with van der Waals surface area (Å²) in [4.78, 5) is 41.8. The van der Waals surface area contributed by atoms with Gasteiger partial charge in [0.1, 0.15) is 17.6 Å². The predicted molar refractivity (Wildman–Crippen MR) is 153 cm³/mol. The van der Waals surface area contributed by atoms with E-state index in [9.17, 15) is 24.6 Å². The van der Waals surface area contributed by atoms with E-state index in [1.807, 2.05) is 51.1 Å². The molecule has 2 heterocycles. The second kappa shape index (κ2) is 12.2. The molecule has 40 heavy (non-hydrogen) atoms. The van der Waals surface area contributed by atoms with Crippen LogP contribution in [-0.2, 0) is 22.6 Å². The number of aryl methyl sites for hydroxylation is 1. The number of aromatic hydroxyl groups is 1. The van der Waals surface area contributed by atoms with Crippen molar-refractivity contribution in [2.45, 2.75) is 63.6 Å². The van der Waals surface area contributed by atoms with Crippen LogP contribution in [0.4, 0.5) is 0 Å². The summed E-state index contributed by atoms with van der Waals surface area (Å²) in [6.07, 6.45) is 0.110. The molecule has 2 aromatic carbocycles. The Hall–Kier alpha value is -3.76. The first-order valence-electron chi connectivity index (χ1n) is 13.1. The number of aliphatic hydroxyl groups is 1. The molecule has 4 rings (SSSR count). The minimum absolute atomic E-state index is 0.0281. The molecule has 0 aliphatic carbocycles. The van der Waals surface area contributed by atoms with Crippen LogP contribution in [0.15, 0.2) is 65.3 Å². The van der Waals surface area contributed by atoms with Crippen molar-refractivity contribution >= 4 is 29.5 Å². The van der Waals surface area contributed by atoms with E-state index in [4.69, 9.17) is 4.42 Å². The highest BCUT2D eigenvalue weighted by Crippen LogP contribution is 2.40. The molecule has 3 atom stereocenters. The molecule has 0 bridgehead atoms. The first-order valence-corrected chi connectivity index (χ1v) is 14.0. The number of phenolic OH excluding ortho intramolecular Hbond substituents is 1. The quantitative estimate of drug-likeness (QED) is 0.313. The van der Waals surface area contributed by atoms with Crippen LogP contribution in [-0.4, -0.2) is 61.6 Å². The summed E-state index contributed by atoms with van der Waals surface area (Å²) in [7, 11) is 0. The minimum atomic E-state index is -1.62. The average Bonchev–Trinajstić information content (AvgIpc) is 3.49. The van der Waals surface area contributed by atoms with Gasteiger partial charge in [0.25, 0.3) is 11.8 Å². The van der Waals surface area contributed by atoms with E-state index in [-0.39, 0.29) is 36.1 Å². The van der Waals surface area contributed by atoms with Crippen molar-refractivity contribution in [1.82, 2.24) is 15.5 Å². The number of carbonyl (C=O) groups is 3. The highest BCUT2D eigenvalue weighted by molar-refractivity contribution is 8.00. The lowest BCUT2D eigenvalue weighted by Crippen LogP contribution is -2.58. The van der Waals surface area contributed by atoms with E-state index in [2.05, 4.69) is 10.6 Å². The van der Waals surface area contributed by atoms with E-state index in [1.54, 1.807) is 31.4 Å². The van der Waals surface area contributed by atoms with Gasteiger partial charge in [-0.1, -0.05) is 36.4 Å². The van der Waals surface area contributed by atoms with Gasteiger partial charge >= 0.3 is 0 Å². The number of aliphatic hydroxyl groups excluding tert-OH is 1. The summed E-state index contributed by atoms with van der Waals surface area (Å²) < 4.78 is 4.70. The van der Waals surface area contributed by atoms with Crippen LogP contribution in [0, 0.1) is 13.8 Å². The molecule has 0 saturated carbocycles. The van der Waals surface area contributed by atoms with Crippen LogP contribution < -0.4 is 10.6 Å². The molecule has 10 heteroatoms. The average molecular weight is 566 g/mol. The van der Waals surface area contributed by atoms with E-state index in [0.29, 0.717) is 11.3 Å². The SMILES string of the molecule is Cc1occc1CNC(=O)C1N(C(=O)C(O)C(Cc2ccccc2)NC(=O)c2cccc(O)c2C)CSC1(C)C. The molecule has 3 amide bonds. The number of carbonyl (C=O) groups excluding carboxylic acids is 3. The normalized spacial score (nSPS) is 17.7. The second-order valence-corrected chi connectivity index (χ2v) is 12.1. The maximum Gasteiger partial charge on any atom is 0.254 e. The Morgan fingerprint density at radius 1 is 1.10 bits per heavy atom. The number of hydrogen-bond acceptors (Lipinski definition) is 7. The third kappa shape index (κ3) is 6.34. The van der Waals surface area contributed by atoms with Crippen molar-refractivity contribution in [2.24, 2.45) is 0 Å². The highest BCUT2D eigenvalue weighted by atomic mass is 32.2. The molecule has 9 nitrogen and oxygen atoms in total. The molecule has 0 radical (unpaired) electrons. The Labute approximate surface area is 237 Å². The van der Waals surface area contributed by atoms with Crippen LogP contribution >= 0.6 is 11.8 Å². The maximum atomic E-state index is 13.8. The van der Waals surface area contributed by atoms with Crippen molar-refractivity contribution < 1.29 is 29.0 Å². The highest BCUT2D eigenvalue weighted by Gasteiger charge is 2.49. The molecule has 1 aliphatic heterocycles. The van der Waals surface area contributed by atoms with Crippen molar-refractivity contribution in [2.75, 3.05) is 5.88 Å². The number of furan rings is 1. The number of hydrogen-bond donors (Lipinski definition) is 4. The third-order valence-electron chi connectivity index (χ3n) is 7.30. The van der Waals surface area contributed by atoms with E-state index in [1.165, 1.54) is 22.7 Å². The largest absolute Gasteiger partial charge is 0.508 e. The molecular formula is C30H35N3O6S.